The quantitative estimate of drug-likeness (QED) is 0.0572. The van der Waals surface area contributed by atoms with E-state index in [0.717, 1.165) is 24.1 Å². The standard InChI is InChI=1S/C58H75FN12O11S2/c1-31-23-39-38-15-12-34-24-37(72)18-19-55(34,2)57(38,59)42(73)25-56(39,3)58(31,82)53(81)63-20-8-6-5-7-9-44(75)66-41-28-71-46(52(79)80)33(30-84-50(41)71)29-83-22-21-62-43(74)17-16-40(51(77)78)67-49(76)32-10-13-36(14-11-32)70(4)27-35-26-64-48-45(65-35)47(60)68-54(61)69-48/h10-11,13-14,18-19,24,26,31,38-42,50,73,82H,5-9,12,15-17,20-23,25,27-30H2,1-4H3,(H,62,74)(H,63,81)(H,66,75)(H,67,76)(H,77,78)(H,79,80)(H4,60,61,64,68,69)/t31-,38?,39+,40-,41+,42+,50+,55+,56+,57+,58+/m0/s1. The van der Waals surface area contributed by atoms with Crippen LogP contribution in [0, 0.1) is 28.6 Å². The molecule has 3 aromatic rings. The van der Waals surface area contributed by atoms with Crippen LogP contribution in [0.2, 0.25) is 0 Å². The number of benzene rings is 1. The lowest BCUT2D eigenvalue weighted by molar-refractivity contribution is -0.219. The van der Waals surface area contributed by atoms with Gasteiger partial charge >= 0.3 is 11.9 Å². The summed E-state index contributed by atoms with van der Waals surface area (Å²) in [4.78, 5) is 110. The van der Waals surface area contributed by atoms with Crippen molar-refractivity contribution in [3.63, 3.8) is 0 Å². The van der Waals surface area contributed by atoms with E-state index in [0.29, 0.717) is 85.8 Å². The van der Waals surface area contributed by atoms with Gasteiger partial charge in [0, 0.05) is 84.8 Å². The summed E-state index contributed by atoms with van der Waals surface area (Å²) in [7, 11) is 1.82. The van der Waals surface area contributed by atoms with Crippen molar-refractivity contribution < 1.29 is 58.4 Å². The van der Waals surface area contributed by atoms with Crippen molar-refractivity contribution in [3.05, 3.63) is 76.8 Å². The molecule has 4 amide bonds. The zero-order valence-corrected chi connectivity index (χ0v) is 49.2. The average Bonchev–Trinajstić information content (AvgIpc) is 1.40. The van der Waals surface area contributed by atoms with Gasteiger partial charge in [0.25, 0.3) is 11.8 Å². The number of nitrogens with zero attached hydrogens (tertiary/aromatic N) is 6. The molecule has 1 unspecified atom stereocenters. The van der Waals surface area contributed by atoms with Gasteiger partial charge in [0.05, 0.1) is 36.0 Å². The second kappa shape index (κ2) is 25.0. The second-order valence-electron chi connectivity index (χ2n) is 23.6. The first-order valence-corrected chi connectivity index (χ1v) is 30.8. The maximum absolute atomic E-state index is 17.5. The Bertz CT molecular complexity index is 3190. The third kappa shape index (κ3) is 11.9. The number of aliphatic carboxylic acids is 2. The third-order valence-electron chi connectivity index (χ3n) is 18.4. The molecule has 0 spiro atoms. The van der Waals surface area contributed by atoms with Crippen molar-refractivity contribution in [2.45, 2.75) is 133 Å². The lowest BCUT2D eigenvalue weighted by Gasteiger charge is -2.62. The number of carbonyl (C=O) groups is 7. The van der Waals surface area contributed by atoms with E-state index in [9.17, 15) is 54.0 Å². The van der Waals surface area contributed by atoms with E-state index in [2.05, 4.69) is 41.2 Å². The second-order valence-corrected chi connectivity index (χ2v) is 25.8. The van der Waals surface area contributed by atoms with Crippen LogP contribution in [0.25, 0.3) is 11.2 Å². The molecule has 23 nitrogen and oxygen atoms in total. The normalized spacial score (nSPS) is 28.8. The number of alkyl halides is 1. The molecule has 452 valence electrons. The summed E-state index contributed by atoms with van der Waals surface area (Å²) in [6.45, 7) is 6.61. The predicted molar refractivity (Wildman–Crippen MR) is 314 cm³/mol. The van der Waals surface area contributed by atoms with Crippen LogP contribution in [0.4, 0.5) is 21.8 Å². The number of anilines is 3. The summed E-state index contributed by atoms with van der Waals surface area (Å²) in [6.07, 6.45) is 8.42. The zero-order valence-electron chi connectivity index (χ0n) is 47.6. The largest absolute Gasteiger partial charge is 0.480 e. The van der Waals surface area contributed by atoms with Gasteiger partial charge in [-0.15, -0.1) is 11.8 Å². The van der Waals surface area contributed by atoms with Crippen molar-refractivity contribution in [2.75, 3.05) is 60.3 Å². The summed E-state index contributed by atoms with van der Waals surface area (Å²) in [5.41, 5.74) is 9.24. The number of aliphatic hydroxyl groups excluding tert-OH is 1. The fraction of sp³-hybridized carbons (Fsp3) is 0.569. The Morgan fingerprint density at radius 1 is 0.976 bits per heavy atom. The highest BCUT2D eigenvalue weighted by Gasteiger charge is 2.75. The van der Waals surface area contributed by atoms with Crippen LogP contribution < -0.4 is 37.6 Å². The Hall–Kier alpha value is -6.90. The first-order valence-electron chi connectivity index (χ1n) is 28.6. The molecular formula is C58H75FN12O11S2. The van der Waals surface area contributed by atoms with Crippen LogP contribution in [0.3, 0.4) is 0 Å². The van der Waals surface area contributed by atoms with Crippen LogP contribution in [0.5, 0.6) is 0 Å². The van der Waals surface area contributed by atoms with E-state index < -0.39 is 75.7 Å². The highest BCUT2D eigenvalue weighted by molar-refractivity contribution is 8.01. The van der Waals surface area contributed by atoms with E-state index in [1.54, 1.807) is 60.1 Å². The Labute approximate surface area is 494 Å². The summed E-state index contributed by atoms with van der Waals surface area (Å²) >= 11 is 3.01. The number of unbranched alkanes of at least 4 members (excludes halogenated alkanes) is 3. The lowest BCUT2D eigenvalue weighted by atomic mass is 9.44. The molecule has 2 aromatic heterocycles. The molecule has 0 radical (unpaired) electrons. The molecule has 9 rings (SSSR count). The molecule has 11 atom stereocenters. The lowest BCUT2D eigenvalue weighted by Crippen LogP contribution is -2.70. The number of ketones is 1. The number of aromatic nitrogens is 4. The van der Waals surface area contributed by atoms with Gasteiger partial charge in [-0.1, -0.05) is 38.3 Å². The number of rotatable bonds is 24. The molecule has 2 aliphatic heterocycles. The van der Waals surface area contributed by atoms with Crippen LogP contribution in [0.15, 0.2) is 65.5 Å². The SMILES string of the molecule is C[C@H]1C[C@@H]2C3CCC4=CC(=O)C=C[C@@]4(C)[C@]3(F)[C@H](O)C[C@@]2(C)[C@]1(O)C(=O)NCCCCCCC(=O)N[C@@H]1CN2C(C(=O)O)=C(CSCCNC(=O)CC[C@H](NC(=O)c3ccc(N(C)Cc4cnc5nc(N)nc(N)c5n4)cc3)C(=O)O)CS[C@H]12. The topological polar surface area (TPSA) is 359 Å². The molecular weight excluding hydrogens is 1120 g/mol. The number of fused-ring (bicyclic) bond motifs is 7. The van der Waals surface area contributed by atoms with Gasteiger partial charge in [0.2, 0.25) is 17.8 Å². The molecule has 26 heteroatoms. The fourth-order valence-electron chi connectivity index (χ4n) is 13.9. The monoisotopic (exact) mass is 1200 g/mol. The number of allylic oxidation sites excluding steroid dienone is 4. The Balaban J connectivity index is 0.639. The van der Waals surface area contributed by atoms with Crippen molar-refractivity contribution in [2.24, 2.45) is 28.6 Å². The van der Waals surface area contributed by atoms with Crippen LogP contribution in [-0.2, 0) is 35.3 Å². The zero-order chi connectivity index (χ0) is 60.5. The number of nitrogens with one attached hydrogen (secondary N) is 4. The highest BCUT2D eigenvalue weighted by atomic mass is 32.2. The average molecular weight is 1200 g/mol. The van der Waals surface area contributed by atoms with E-state index in [4.69, 9.17) is 11.5 Å². The van der Waals surface area contributed by atoms with Crippen LogP contribution >= 0.6 is 23.5 Å². The number of hydrogen-bond acceptors (Lipinski definition) is 19. The van der Waals surface area contributed by atoms with Gasteiger partial charge in [-0.05, 0) is 106 Å². The Kier molecular flexibility index (Phi) is 18.3. The number of carboxylic acids is 2. The van der Waals surface area contributed by atoms with Gasteiger partial charge in [0.1, 0.15) is 11.7 Å². The molecule has 4 heterocycles. The number of carboxylic acid groups (broad SMARTS) is 2. The number of aliphatic hydroxyl groups is 2. The van der Waals surface area contributed by atoms with Gasteiger partial charge in [0.15, 0.2) is 34.0 Å². The molecule has 3 saturated carbocycles. The van der Waals surface area contributed by atoms with E-state index in [1.807, 2.05) is 25.8 Å². The Morgan fingerprint density at radius 3 is 2.46 bits per heavy atom. The van der Waals surface area contributed by atoms with Crippen LogP contribution in [-0.4, -0.2) is 165 Å². The molecule has 1 aromatic carbocycles. The summed E-state index contributed by atoms with van der Waals surface area (Å²) < 4.78 is 17.5. The molecule has 1 saturated heterocycles. The maximum atomic E-state index is 17.5. The molecule has 84 heavy (non-hydrogen) atoms. The van der Waals surface area contributed by atoms with E-state index >= 15 is 4.39 Å². The van der Waals surface area contributed by atoms with Gasteiger partial charge < -0.3 is 63.0 Å². The predicted octanol–water partition coefficient (Wildman–Crippen LogP) is 3.66. The molecule has 0 bridgehead atoms. The van der Waals surface area contributed by atoms with E-state index in [1.165, 1.54) is 23.9 Å². The van der Waals surface area contributed by atoms with Gasteiger partial charge in [-0.2, -0.15) is 21.7 Å². The summed E-state index contributed by atoms with van der Waals surface area (Å²) in [6, 6.07) is 4.96. The van der Waals surface area contributed by atoms with Crippen molar-refractivity contribution >= 4 is 93.5 Å². The highest BCUT2D eigenvalue weighted by Crippen LogP contribution is 2.70. The Morgan fingerprint density at radius 2 is 1.73 bits per heavy atom. The minimum Gasteiger partial charge on any atom is -0.480 e. The summed E-state index contributed by atoms with van der Waals surface area (Å²) in [5.74, 6) is -4.24. The summed E-state index contributed by atoms with van der Waals surface area (Å²) in [5, 5.41) is 55.0. The van der Waals surface area contributed by atoms with Crippen LogP contribution in [0.1, 0.15) is 107 Å². The molecule has 6 aliphatic rings. The first-order chi connectivity index (χ1) is 39.9. The molecule has 12 N–H and O–H groups in total. The minimum absolute atomic E-state index is 0.00771. The smallest absolute Gasteiger partial charge is 0.352 e. The molecule has 4 aliphatic carbocycles. The number of hydrogen-bond donors (Lipinski definition) is 10. The van der Waals surface area contributed by atoms with Gasteiger partial charge in [-0.3, -0.25) is 24.0 Å². The first kappa shape index (κ1) is 61.7. The number of halogens is 1. The van der Waals surface area contributed by atoms with Crippen molar-refractivity contribution in [3.8, 4) is 0 Å². The number of carbonyl (C=O) groups excluding carboxylic acids is 5. The van der Waals surface area contributed by atoms with Crippen molar-refractivity contribution in [1.82, 2.24) is 46.1 Å². The van der Waals surface area contributed by atoms with E-state index in [-0.39, 0.29) is 89.9 Å². The van der Waals surface area contributed by atoms with Gasteiger partial charge in [-0.25, -0.2) is 23.9 Å². The minimum atomic E-state index is -2.05. The fourth-order valence-corrected chi connectivity index (χ4v) is 16.2. The molecule has 4 fully saturated rings. The third-order valence-corrected chi connectivity index (χ3v) is 20.9. The number of amides is 4. The number of nitrogens with two attached hydrogens (primary N) is 2. The number of nitrogen functional groups attached to an aromatic ring is 2. The maximum Gasteiger partial charge on any atom is 0.352 e. The number of thioether (sulfide) groups is 2. The van der Waals surface area contributed by atoms with Crippen molar-refractivity contribution in [1.29, 1.82) is 0 Å².